The van der Waals surface area contributed by atoms with Crippen molar-refractivity contribution in [3.05, 3.63) is 69.4 Å². The predicted octanol–water partition coefficient (Wildman–Crippen LogP) is 7.43. The molecule has 8 nitrogen and oxygen atoms in total. The smallest absolute Gasteiger partial charge is 0.330 e. The van der Waals surface area contributed by atoms with Crippen LogP contribution in [0, 0.1) is 17.8 Å². The number of ketones is 2. The first kappa shape index (κ1) is 33.5. The summed E-state index contributed by atoms with van der Waals surface area (Å²) in [6.45, 7) is 15.2. The number of carbonyl (C=O) groups is 3. The lowest BCUT2D eigenvalue weighted by Crippen LogP contribution is -2.55. The molecule has 3 aliphatic carbocycles. The van der Waals surface area contributed by atoms with Crippen molar-refractivity contribution in [2.75, 3.05) is 0 Å². The zero-order chi connectivity index (χ0) is 33.9. The molecule has 8 heteroatoms. The molecule has 46 heavy (non-hydrogen) atoms. The minimum absolute atomic E-state index is 0.00552. The average molecular weight is 631 g/mol. The number of phenols is 2. The number of hydrogen-bond acceptors (Lipinski definition) is 7. The lowest BCUT2D eigenvalue weighted by atomic mass is 9.55. The Hall–Kier alpha value is -3.91. The minimum atomic E-state index is -1.42. The fraction of sp³-hybridized carbons (Fsp3) is 0.500. The van der Waals surface area contributed by atoms with Gasteiger partial charge in [-0.2, -0.15) is 0 Å². The Morgan fingerprint density at radius 3 is 2.30 bits per heavy atom. The molecule has 0 aromatic heterocycles. The van der Waals surface area contributed by atoms with E-state index in [9.17, 15) is 29.7 Å². The highest BCUT2D eigenvalue weighted by molar-refractivity contribution is 6.16. The van der Waals surface area contributed by atoms with Gasteiger partial charge in [0.25, 0.3) is 0 Å². The maximum absolute atomic E-state index is 14.6. The molecule has 246 valence electrons. The van der Waals surface area contributed by atoms with Gasteiger partial charge in [0.15, 0.2) is 11.6 Å². The zero-order valence-corrected chi connectivity index (χ0v) is 28.1. The number of aromatic hydroxyl groups is 2. The molecule has 0 spiro atoms. The molecule has 5 atom stereocenters. The number of hydrogen-bond donors (Lipinski definition) is 3. The van der Waals surface area contributed by atoms with Crippen LogP contribution in [0.15, 0.2) is 52.7 Å². The van der Waals surface area contributed by atoms with Crippen LogP contribution in [0.1, 0.15) is 103 Å². The van der Waals surface area contributed by atoms with Gasteiger partial charge in [0.05, 0.1) is 11.2 Å². The number of fused-ring (bicyclic) bond motifs is 1. The second-order valence-corrected chi connectivity index (χ2v) is 14.6. The van der Waals surface area contributed by atoms with Gasteiger partial charge in [-0.05, 0) is 99.1 Å². The minimum Gasteiger partial charge on any atom is -0.507 e. The van der Waals surface area contributed by atoms with Crippen LogP contribution < -0.4 is 4.74 Å². The van der Waals surface area contributed by atoms with E-state index in [4.69, 9.17) is 9.47 Å². The van der Waals surface area contributed by atoms with E-state index in [1.165, 1.54) is 18.6 Å². The first-order valence-corrected chi connectivity index (χ1v) is 16.1. The first-order chi connectivity index (χ1) is 21.4. The van der Waals surface area contributed by atoms with Gasteiger partial charge in [0, 0.05) is 35.0 Å². The van der Waals surface area contributed by atoms with Crippen molar-refractivity contribution >= 4 is 23.6 Å². The second-order valence-electron chi connectivity index (χ2n) is 14.6. The lowest BCUT2D eigenvalue weighted by molar-refractivity contribution is -0.155. The highest BCUT2D eigenvalue weighted by Gasteiger charge is 2.69. The molecule has 2 heterocycles. The van der Waals surface area contributed by atoms with E-state index < -0.39 is 40.4 Å². The Morgan fingerprint density at radius 1 is 1.00 bits per heavy atom. The number of phenolic OH excluding ortho intramolecular Hbond substituents is 2. The maximum Gasteiger partial charge on any atom is 0.330 e. The van der Waals surface area contributed by atoms with E-state index >= 15 is 0 Å². The van der Waals surface area contributed by atoms with Crippen LogP contribution in [0.3, 0.4) is 0 Å². The van der Waals surface area contributed by atoms with Crippen LogP contribution in [0.25, 0.3) is 6.08 Å². The summed E-state index contributed by atoms with van der Waals surface area (Å²) < 4.78 is 13.0. The topological polar surface area (TPSA) is 130 Å². The molecule has 4 bridgehead atoms. The summed E-state index contributed by atoms with van der Waals surface area (Å²) in [7, 11) is 0. The fourth-order valence-corrected chi connectivity index (χ4v) is 7.67. The maximum atomic E-state index is 14.6. The van der Waals surface area contributed by atoms with Crippen molar-refractivity contribution < 1.29 is 39.2 Å². The zero-order valence-electron chi connectivity index (χ0n) is 28.1. The Kier molecular flexibility index (Phi) is 8.52. The summed E-state index contributed by atoms with van der Waals surface area (Å²) in [5, 5.41) is 33.0. The third-order valence-corrected chi connectivity index (χ3v) is 10.1. The Balaban J connectivity index is 1.62. The third-order valence-electron chi connectivity index (χ3n) is 10.1. The van der Waals surface area contributed by atoms with Crippen LogP contribution in [0.5, 0.6) is 17.2 Å². The molecule has 0 amide bonds. The molecule has 1 saturated carbocycles. The Bertz CT molecular complexity index is 1660. The van der Waals surface area contributed by atoms with Gasteiger partial charge < -0.3 is 24.8 Å². The predicted molar refractivity (Wildman–Crippen MR) is 176 cm³/mol. The molecule has 1 unspecified atom stereocenters. The standard InChI is InChI=1S/C38H46O8/c1-20(2)10-9-15-37(8)16-14-25-31(40)28(30(39)24(33(25)45-37)12-11-21(3)4)32(41)26-18-23-19-27-29(26)38(34(23)42,46-36(27,6)7)17-13-22(5)35(43)44/h10-11,13-14,16,18,23,27,29,39-40H,9,12,15,17,19H2,1-8H3,(H,43,44)/b22-13-/t23-,27-,29?,37-,38-/m1/s1. The quantitative estimate of drug-likeness (QED) is 0.138. The molecular formula is C38H46O8. The van der Waals surface area contributed by atoms with Crippen LogP contribution in [-0.2, 0) is 20.7 Å². The van der Waals surface area contributed by atoms with Crippen LogP contribution >= 0.6 is 0 Å². The Morgan fingerprint density at radius 2 is 1.67 bits per heavy atom. The molecule has 2 fully saturated rings. The van der Waals surface area contributed by atoms with E-state index in [-0.39, 0.29) is 47.2 Å². The fourth-order valence-electron chi connectivity index (χ4n) is 7.67. The molecule has 1 aromatic rings. The van der Waals surface area contributed by atoms with E-state index in [2.05, 4.69) is 6.08 Å². The number of aliphatic carboxylic acids is 1. The van der Waals surface area contributed by atoms with Crippen molar-refractivity contribution in [3.8, 4) is 17.2 Å². The lowest BCUT2D eigenvalue weighted by Gasteiger charge is -2.45. The van der Waals surface area contributed by atoms with Gasteiger partial charge in [0.2, 0.25) is 0 Å². The van der Waals surface area contributed by atoms with Gasteiger partial charge in [-0.3, -0.25) is 9.59 Å². The number of carboxylic acids is 1. The van der Waals surface area contributed by atoms with E-state index in [0.29, 0.717) is 35.3 Å². The van der Waals surface area contributed by atoms with Crippen molar-refractivity contribution in [1.82, 2.24) is 0 Å². The van der Waals surface area contributed by atoms with Crippen LogP contribution in [-0.4, -0.2) is 49.7 Å². The Labute approximate surface area is 271 Å². The third kappa shape index (κ3) is 5.55. The number of rotatable bonds is 10. The number of carboxylic acid groups (broad SMARTS) is 1. The van der Waals surface area contributed by atoms with Gasteiger partial charge in [-0.25, -0.2) is 4.79 Å². The van der Waals surface area contributed by atoms with E-state index in [0.717, 1.165) is 12.0 Å². The van der Waals surface area contributed by atoms with Gasteiger partial charge in [0.1, 0.15) is 34.0 Å². The van der Waals surface area contributed by atoms with E-state index in [1.54, 1.807) is 12.2 Å². The van der Waals surface area contributed by atoms with Crippen molar-refractivity contribution in [1.29, 1.82) is 0 Å². The largest absolute Gasteiger partial charge is 0.507 e. The van der Waals surface area contributed by atoms with Crippen LogP contribution in [0.4, 0.5) is 0 Å². The summed E-state index contributed by atoms with van der Waals surface area (Å²) in [5.41, 5.74) is 0.230. The molecule has 0 radical (unpaired) electrons. The highest BCUT2D eigenvalue weighted by Crippen LogP contribution is 2.63. The number of benzene rings is 1. The van der Waals surface area contributed by atoms with Crippen molar-refractivity contribution in [3.63, 3.8) is 0 Å². The average Bonchev–Trinajstić information content (AvgIpc) is 3.17. The molecule has 5 aliphatic rings. The molecule has 2 aliphatic heterocycles. The van der Waals surface area contributed by atoms with Crippen LogP contribution in [0.2, 0.25) is 0 Å². The van der Waals surface area contributed by atoms with E-state index in [1.807, 2.05) is 60.6 Å². The molecule has 3 N–H and O–H groups in total. The SMILES string of the molecule is CC(C)=CCC[C@]1(C)C=Cc2c(O)c(C(=O)C3=C[C@@H]4C[C@@H]5C3[C@@](C/C=C(/C)C(=O)O)(OC5(C)C)C4=O)c(O)c(CC=C(C)C)c2O1. The summed E-state index contributed by atoms with van der Waals surface area (Å²) in [6.07, 6.45) is 13.1. The van der Waals surface area contributed by atoms with Gasteiger partial charge in [-0.1, -0.05) is 35.5 Å². The number of Topliss-reactive ketones (excluding diaryl/α,β-unsaturated/α-hetero) is 2. The first-order valence-electron chi connectivity index (χ1n) is 16.1. The number of carbonyl (C=O) groups excluding carboxylic acids is 2. The number of allylic oxidation sites excluding steroid dienone is 5. The van der Waals surface area contributed by atoms with Gasteiger partial charge >= 0.3 is 5.97 Å². The van der Waals surface area contributed by atoms with Gasteiger partial charge in [-0.15, -0.1) is 0 Å². The monoisotopic (exact) mass is 630 g/mol. The molecular weight excluding hydrogens is 584 g/mol. The summed E-state index contributed by atoms with van der Waals surface area (Å²) in [6, 6.07) is 0. The highest BCUT2D eigenvalue weighted by atomic mass is 16.5. The van der Waals surface area contributed by atoms with Crippen molar-refractivity contribution in [2.24, 2.45) is 17.8 Å². The van der Waals surface area contributed by atoms with Crippen molar-refractivity contribution in [2.45, 2.75) is 104 Å². The summed E-state index contributed by atoms with van der Waals surface area (Å²) >= 11 is 0. The molecule has 1 aromatic carbocycles. The summed E-state index contributed by atoms with van der Waals surface area (Å²) in [4.78, 5) is 40.1. The summed E-state index contributed by atoms with van der Waals surface area (Å²) in [5.74, 6) is -3.70. The normalized spacial score (nSPS) is 28.7. The molecule has 1 saturated heterocycles. The molecule has 6 rings (SSSR count). The number of ether oxygens (including phenoxy) is 2. The second kappa shape index (κ2) is 11.7.